The van der Waals surface area contributed by atoms with Gasteiger partial charge in [-0.25, -0.2) is 9.69 Å². The third-order valence-electron chi connectivity index (χ3n) is 5.49. The van der Waals surface area contributed by atoms with Gasteiger partial charge in [-0.3, -0.25) is 14.9 Å². The monoisotopic (exact) mass is 413 g/mol. The molecule has 1 saturated heterocycles. The van der Waals surface area contributed by atoms with E-state index in [-0.39, 0.29) is 5.57 Å². The highest BCUT2D eigenvalue weighted by Crippen LogP contribution is 2.25. The Labute approximate surface area is 180 Å². The molecule has 4 amide bonds. The van der Waals surface area contributed by atoms with Crippen molar-refractivity contribution in [1.29, 1.82) is 0 Å². The van der Waals surface area contributed by atoms with Gasteiger partial charge in [0, 0.05) is 17.9 Å². The van der Waals surface area contributed by atoms with E-state index < -0.39 is 17.8 Å². The number of carbonyl (C=O) groups excluding carboxylic acids is 3. The fourth-order valence-corrected chi connectivity index (χ4v) is 3.72. The molecule has 31 heavy (non-hydrogen) atoms. The van der Waals surface area contributed by atoms with Crippen molar-refractivity contribution in [2.75, 3.05) is 4.90 Å². The Morgan fingerprint density at radius 2 is 1.58 bits per heavy atom. The number of benzene rings is 2. The Balaban J connectivity index is 1.69. The molecule has 0 radical (unpaired) electrons. The molecular formula is C25H23N3O3. The molecule has 0 spiro atoms. The lowest BCUT2D eigenvalue weighted by Gasteiger charge is -2.26. The lowest BCUT2D eigenvalue weighted by molar-refractivity contribution is -0.122. The van der Waals surface area contributed by atoms with Gasteiger partial charge in [0.15, 0.2) is 0 Å². The number of hydrogen-bond donors (Lipinski definition) is 1. The molecule has 0 saturated carbocycles. The Bertz CT molecular complexity index is 1200. The number of hydrogen-bond acceptors (Lipinski definition) is 3. The third-order valence-corrected chi connectivity index (χ3v) is 5.49. The van der Waals surface area contributed by atoms with Crippen LogP contribution in [0.4, 0.5) is 10.5 Å². The summed E-state index contributed by atoms with van der Waals surface area (Å²) in [5.41, 5.74) is 5.24. The SMILES string of the molecule is Cc1ccc(N2C(=O)NC(=O)/C(=C\c3cc(C)n(Cc4ccccc4)c3C)C2=O)cc1. The number of nitrogens with one attached hydrogen (secondary N) is 1. The van der Waals surface area contributed by atoms with Crippen LogP contribution in [0.25, 0.3) is 6.08 Å². The minimum atomic E-state index is -0.745. The number of aryl methyl sites for hydroxylation is 2. The summed E-state index contributed by atoms with van der Waals surface area (Å²) in [6.45, 7) is 6.55. The van der Waals surface area contributed by atoms with Crippen molar-refractivity contribution < 1.29 is 14.4 Å². The van der Waals surface area contributed by atoms with Crippen LogP contribution >= 0.6 is 0 Å². The summed E-state index contributed by atoms with van der Waals surface area (Å²) in [6, 6.07) is 18.3. The average molecular weight is 413 g/mol. The van der Waals surface area contributed by atoms with Gasteiger partial charge in [0.2, 0.25) is 0 Å². The number of imide groups is 2. The molecular weight excluding hydrogens is 390 g/mol. The van der Waals surface area contributed by atoms with Gasteiger partial charge in [-0.05, 0) is 56.2 Å². The predicted octanol–water partition coefficient (Wildman–Crippen LogP) is 4.13. The quantitative estimate of drug-likeness (QED) is 0.516. The van der Waals surface area contributed by atoms with Crippen molar-refractivity contribution >= 4 is 29.6 Å². The third kappa shape index (κ3) is 3.92. The maximum atomic E-state index is 13.1. The molecule has 1 aliphatic heterocycles. The van der Waals surface area contributed by atoms with E-state index in [1.54, 1.807) is 18.2 Å². The molecule has 0 bridgehead atoms. The normalized spacial score (nSPS) is 15.5. The molecule has 1 aromatic heterocycles. The first-order valence-electron chi connectivity index (χ1n) is 10.0. The summed E-state index contributed by atoms with van der Waals surface area (Å²) >= 11 is 0. The van der Waals surface area contributed by atoms with Crippen LogP contribution in [0.3, 0.4) is 0 Å². The van der Waals surface area contributed by atoms with Crippen LogP contribution in [0.2, 0.25) is 0 Å². The van der Waals surface area contributed by atoms with Crippen molar-refractivity contribution in [2.45, 2.75) is 27.3 Å². The van der Waals surface area contributed by atoms with E-state index in [0.717, 1.165) is 33.0 Å². The molecule has 156 valence electrons. The Morgan fingerprint density at radius 1 is 0.903 bits per heavy atom. The van der Waals surface area contributed by atoms with E-state index in [0.29, 0.717) is 12.2 Å². The van der Waals surface area contributed by atoms with Crippen LogP contribution in [-0.2, 0) is 16.1 Å². The zero-order valence-corrected chi connectivity index (χ0v) is 17.7. The first-order chi connectivity index (χ1) is 14.8. The first-order valence-corrected chi connectivity index (χ1v) is 10.0. The molecule has 0 aliphatic carbocycles. The predicted molar refractivity (Wildman–Crippen MR) is 120 cm³/mol. The van der Waals surface area contributed by atoms with Crippen molar-refractivity contribution in [3.05, 3.63) is 94.3 Å². The van der Waals surface area contributed by atoms with E-state index >= 15 is 0 Å². The molecule has 1 fully saturated rings. The second-order valence-corrected chi connectivity index (χ2v) is 7.69. The molecule has 6 heteroatoms. The standard InChI is InChI=1S/C25H23N3O3/c1-16-9-11-21(12-10-16)28-24(30)22(23(29)26-25(28)31)14-20-13-17(2)27(18(20)3)15-19-7-5-4-6-8-19/h4-14H,15H2,1-3H3,(H,26,29,31)/b22-14+. The van der Waals surface area contributed by atoms with E-state index in [2.05, 4.69) is 22.0 Å². The number of amides is 4. The van der Waals surface area contributed by atoms with Gasteiger partial charge in [-0.15, -0.1) is 0 Å². The van der Waals surface area contributed by atoms with Crippen molar-refractivity contribution in [1.82, 2.24) is 9.88 Å². The molecule has 2 aromatic carbocycles. The van der Waals surface area contributed by atoms with Crippen LogP contribution in [0.15, 0.2) is 66.2 Å². The zero-order chi connectivity index (χ0) is 22.1. The maximum Gasteiger partial charge on any atom is 0.335 e. The summed E-state index contributed by atoms with van der Waals surface area (Å²) < 4.78 is 2.13. The molecule has 6 nitrogen and oxygen atoms in total. The van der Waals surface area contributed by atoms with Crippen LogP contribution in [-0.4, -0.2) is 22.4 Å². The topological polar surface area (TPSA) is 71.4 Å². The number of urea groups is 1. The number of barbiturate groups is 1. The van der Waals surface area contributed by atoms with E-state index in [4.69, 9.17) is 0 Å². The molecule has 4 rings (SSSR count). The van der Waals surface area contributed by atoms with Crippen LogP contribution < -0.4 is 10.2 Å². The fraction of sp³-hybridized carbons (Fsp3) is 0.160. The van der Waals surface area contributed by atoms with Crippen LogP contribution in [0.5, 0.6) is 0 Å². The highest BCUT2D eigenvalue weighted by atomic mass is 16.2. The van der Waals surface area contributed by atoms with Gasteiger partial charge >= 0.3 is 6.03 Å². The van der Waals surface area contributed by atoms with Gasteiger partial charge in [-0.1, -0.05) is 48.0 Å². The first kappa shape index (κ1) is 20.3. The highest BCUT2D eigenvalue weighted by Gasteiger charge is 2.37. The van der Waals surface area contributed by atoms with Gasteiger partial charge in [-0.2, -0.15) is 0 Å². The van der Waals surface area contributed by atoms with Gasteiger partial charge < -0.3 is 4.57 Å². The van der Waals surface area contributed by atoms with Gasteiger partial charge in [0.05, 0.1) is 5.69 Å². The van der Waals surface area contributed by atoms with Gasteiger partial charge in [0.25, 0.3) is 11.8 Å². The van der Waals surface area contributed by atoms with Gasteiger partial charge in [0.1, 0.15) is 5.57 Å². The van der Waals surface area contributed by atoms with Crippen LogP contribution in [0.1, 0.15) is 28.1 Å². The summed E-state index contributed by atoms with van der Waals surface area (Å²) in [7, 11) is 0. The summed E-state index contributed by atoms with van der Waals surface area (Å²) in [5, 5.41) is 2.28. The molecule has 0 unspecified atom stereocenters. The second-order valence-electron chi connectivity index (χ2n) is 7.69. The number of aromatic nitrogens is 1. The largest absolute Gasteiger partial charge is 0.344 e. The summed E-state index contributed by atoms with van der Waals surface area (Å²) in [6.07, 6.45) is 1.56. The number of rotatable bonds is 4. The number of carbonyl (C=O) groups is 3. The van der Waals surface area contributed by atoms with Crippen molar-refractivity contribution in [2.24, 2.45) is 0 Å². The lowest BCUT2D eigenvalue weighted by Crippen LogP contribution is -2.54. The maximum absolute atomic E-state index is 13.1. The molecule has 1 N–H and O–H groups in total. The average Bonchev–Trinajstić information content (AvgIpc) is 3.00. The van der Waals surface area contributed by atoms with E-state index in [1.807, 2.05) is 57.2 Å². The van der Waals surface area contributed by atoms with Crippen molar-refractivity contribution in [3.8, 4) is 0 Å². The number of nitrogens with zero attached hydrogens (tertiary/aromatic N) is 2. The Hall–Kier alpha value is -3.93. The van der Waals surface area contributed by atoms with Crippen molar-refractivity contribution in [3.63, 3.8) is 0 Å². The lowest BCUT2D eigenvalue weighted by atomic mass is 10.1. The number of anilines is 1. The Kier molecular flexibility index (Phi) is 5.29. The van der Waals surface area contributed by atoms with E-state index in [9.17, 15) is 14.4 Å². The zero-order valence-electron chi connectivity index (χ0n) is 17.7. The minimum absolute atomic E-state index is 0.0693. The molecule has 2 heterocycles. The fourth-order valence-electron chi connectivity index (χ4n) is 3.72. The summed E-state index contributed by atoms with van der Waals surface area (Å²) in [4.78, 5) is 39.0. The molecule has 1 aliphatic rings. The van der Waals surface area contributed by atoms with Crippen LogP contribution in [0, 0.1) is 20.8 Å². The smallest absolute Gasteiger partial charge is 0.335 e. The Morgan fingerprint density at radius 3 is 2.26 bits per heavy atom. The highest BCUT2D eigenvalue weighted by molar-refractivity contribution is 6.39. The van der Waals surface area contributed by atoms with E-state index in [1.165, 1.54) is 0 Å². The summed E-state index contributed by atoms with van der Waals surface area (Å²) in [5.74, 6) is -1.32. The molecule has 0 atom stereocenters. The molecule has 3 aromatic rings. The minimum Gasteiger partial charge on any atom is -0.344 e. The second kappa shape index (κ2) is 8.07.